The molecule has 33 heavy (non-hydrogen) atoms. The molecule has 1 amide bonds. The van der Waals surface area contributed by atoms with Crippen LogP contribution in [0.3, 0.4) is 0 Å². The predicted octanol–water partition coefficient (Wildman–Crippen LogP) is 2.36. The molecule has 4 heterocycles. The summed E-state index contributed by atoms with van der Waals surface area (Å²) in [5.74, 6) is 0.894. The number of carbonyl (C=O) groups excluding carboxylic acids is 1. The standard InChI is InChI=1S/C15H14ClN3O3.C7H9N3O/c16-13-14(18-7-6-17-13)22-12-8-19(9-12)15(20)21-10-11-4-2-1-3-5-11;1-2-10-7(5-8-1)11-6-3-9-4-6/h1-7,12H,8-10H2;1-2,5-6,9H,3-4H2. The third kappa shape index (κ3) is 6.74. The molecule has 0 saturated carbocycles. The van der Waals surface area contributed by atoms with Gasteiger partial charge in [-0.15, -0.1) is 0 Å². The molecule has 1 aromatic carbocycles. The Morgan fingerprint density at radius 3 is 2.42 bits per heavy atom. The van der Waals surface area contributed by atoms with Crippen LogP contribution in [0.2, 0.25) is 5.15 Å². The zero-order chi connectivity index (χ0) is 22.9. The van der Waals surface area contributed by atoms with Crippen LogP contribution in [0, 0.1) is 0 Å². The molecule has 11 heteroatoms. The van der Waals surface area contributed by atoms with Gasteiger partial charge in [0.2, 0.25) is 5.88 Å². The van der Waals surface area contributed by atoms with Gasteiger partial charge in [0.1, 0.15) is 18.8 Å². The molecule has 2 saturated heterocycles. The highest BCUT2D eigenvalue weighted by Gasteiger charge is 2.34. The van der Waals surface area contributed by atoms with Crippen molar-refractivity contribution in [2.45, 2.75) is 18.8 Å². The Kier molecular flexibility index (Phi) is 7.83. The number of hydrogen-bond acceptors (Lipinski definition) is 9. The van der Waals surface area contributed by atoms with Gasteiger partial charge in [-0.05, 0) is 5.56 Å². The van der Waals surface area contributed by atoms with Crippen LogP contribution in [0.15, 0.2) is 61.3 Å². The first-order valence-corrected chi connectivity index (χ1v) is 10.8. The second kappa shape index (κ2) is 11.4. The van der Waals surface area contributed by atoms with Gasteiger partial charge in [0, 0.05) is 37.9 Å². The summed E-state index contributed by atoms with van der Waals surface area (Å²) in [5.41, 5.74) is 0.954. The van der Waals surface area contributed by atoms with Crippen molar-refractivity contribution in [2.75, 3.05) is 26.2 Å². The molecular weight excluding hydrogens is 448 g/mol. The Bertz CT molecular complexity index is 1020. The van der Waals surface area contributed by atoms with E-state index in [0.717, 1.165) is 18.7 Å². The Labute approximate surface area is 195 Å². The highest BCUT2D eigenvalue weighted by molar-refractivity contribution is 6.30. The third-order valence-corrected chi connectivity index (χ3v) is 5.04. The molecule has 0 aliphatic carbocycles. The molecule has 0 bridgehead atoms. The van der Waals surface area contributed by atoms with Crippen LogP contribution in [-0.2, 0) is 11.3 Å². The van der Waals surface area contributed by atoms with E-state index in [1.165, 1.54) is 12.4 Å². The lowest BCUT2D eigenvalue weighted by molar-refractivity contribution is 0.00668. The Balaban J connectivity index is 0.000000196. The lowest BCUT2D eigenvalue weighted by Gasteiger charge is -2.37. The minimum atomic E-state index is -0.353. The summed E-state index contributed by atoms with van der Waals surface area (Å²) in [7, 11) is 0. The molecule has 172 valence electrons. The lowest BCUT2D eigenvalue weighted by atomic mass is 10.2. The van der Waals surface area contributed by atoms with Crippen molar-refractivity contribution in [1.29, 1.82) is 0 Å². The fourth-order valence-electron chi connectivity index (χ4n) is 2.88. The van der Waals surface area contributed by atoms with Crippen molar-refractivity contribution in [3.63, 3.8) is 0 Å². The normalized spacial score (nSPS) is 15.4. The van der Waals surface area contributed by atoms with Crippen molar-refractivity contribution >= 4 is 17.7 Å². The van der Waals surface area contributed by atoms with Gasteiger partial charge in [-0.1, -0.05) is 41.9 Å². The van der Waals surface area contributed by atoms with Crippen LogP contribution in [0.25, 0.3) is 0 Å². The highest BCUT2D eigenvalue weighted by Crippen LogP contribution is 2.22. The minimum Gasteiger partial charge on any atom is -0.471 e. The first kappa shape index (κ1) is 22.7. The number of nitrogens with zero attached hydrogens (tertiary/aromatic N) is 5. The molecule has 0 radical (unpaired) electrons. The summed E-state index contributed by atoms with van der Waals surface area (Å²) < 4.78 is 16.2. The number of ether oxygens (including phenoxy) is 3. The number of aromatic nitrogens is 4. The van der Waals surface area contributed by atoms with E-state index in [9.17, 15) is 4.79 Å². The predicted molar refractivity (Wildman–Crippen MR) is 119 cm³/mol. The van der Waals surface area contributed by atoms with E-state index in [0.29, 0.717) is 19.0 Å². The van der Waals surface area contributed by atoms with E-state index in [1.54, 1.807) is 23.5 Å². The number of amides is 1. The third-order valence-electron chi connectivity index (χ3n) is 4.78. The minimum absolute atomic E-state index is 0.140. The van der Waals surface area contributed by atoms with Crippen molar-refractivity contribution in [3.8, 4) is 11.8 Å². The molecule has 2 aliphatic heterocycles. The van der Waals surface area contributed by atoms with Crippen molar-refractivity contribution in [1.82, 2.24) is 30.2 Å². The zero-order valence-corrected chi connectivity index (χ0v) is 18.5. The van der Waals surface area contributed by atoms with Crippen molar-refractivity contribution < 1.29 is 19.0 Å². The van der Waals surface area contributed by atoms with Gasteiger partial charge in [0.25, 0.3) is 5.88 Å². The average Bonchev–Trinajstić information content (AvgIpc) is 2.80. The van der Waals surface area contributed by atoms with Gasteiger partial charge < -0.3 is 24.4 Å². The maximum atomic E-state index is 11.9. The number of benzene rings is 1. The topological polar surface area (TPSA) is 112 Å². The molecule has 1 N–H and O–H groups in total. The fourth-order valence-corrected chi connectivity index (χ4v) is 3.03. The summed E-state index contributed by atoms with van der Waals surface area (Å²) in [6, 6.07) is 9.54. The number of hydrogen-bond donors (Lipinski definition) is 1. The van der Waals surface area contributed by atoms with Gasteiger partial charge >= 0.3 is 6.09 Å². The summed E-state index contributed by atoms with van der Waals surface area (Å²) >= 11 is 5.86. The molecule has 2 fully saturated rings. The Morgan fingerprint density at radius 1 is 1.00 bits per heavy atom. The van der Waals surface area contributed by atoms with Crippen LogP contribution < -0.4 is 14.8 Å². The van der Waals surface area contributed by atoms with Gasteiger partial charge in [-0.2, -0.15) is 0 Å². The van der Waals surface area contributed by atoms with Crippen LogP contribution in [-0.4, -0.2) is 69.3 Å². The molecule has 10 nitrogen and oxygen atoms in total. The number of halogens is 1. The summed E-state index contributed by atoms with van der Waals surface area (Å²) in [6.45, 7) is 2.98. The highest BCUT2D eigenvalue weighted by atomic mass is 35.5. The maximum absolute atomic E-state index is 11.9. The summed E-state index contributed by atoms with van der Waals surface area (Å²) in [5, 5.41) is 3.32. The monoisotopic (exact) mass is 470 g/mol. The smallest absolute Gasteiger partial charge is 0.410 e. The fraction of sp³-hybridized carbons (Fsp3) is 0.318. The van der Waals surface area contributed by atoms with Crippen LogP contribution in [0.4, 0.5) is 4.79 Å². The quantitative estimate of drug-likeness (QED) is 0.580. The van der Waals surface area contributed by atoms with Gasteiger partial charge in [0.15, 0.2) is 5.15 Å². The molecule has 3 aromatic rings. The van der Waals surface area contributed by atoms with Gasteiger partial charge in [-0.3, -0.25) is 4.98 Å². The van der Waals surface area contributed by atoms with Gasteiger partial charge in [-0.25, -0.2) is 19.7 Å². The van der Waals surface area contributed by atoms with Crippen molar-refractivity contribution in [2.24, 2.45) is 0 Å². The van der Waals surface area contributed by atoms with E-state index in [2.05, 4.69) is 25.3 Å². The number of likely N-dealkylation sites (tertiary alicyclic amines) is 1. The van der Waals surface area contributed by atoms with Crippen LogP contribution in [0.1, 0.15) is 5.56 Å². The number of carbonyl (C=O) groups is 1. The van der Waals surface area contributed by atoms with Crippen LogP contribution >= 0.6 is 11.6 Å². The molecule has 5 rings (SSSR count). The summed E-state index contributed by atoms with van der Waals surface area (Å²) in [4.78, 5) is 29.2. The van der Waals surface area contributed by atoms with E-state index >= 15 is 0 Å². The molecular formula is C22H23ClN6O4. The first-order chi connectivity index (χ1) is 16.2. The summed E-state index contributed by atoms with van der Waals surface area (Å²) in [6.07, 6.45) is 7.67. The molecule has 0 unspecified atom stereocenters. The SMILES string of the molecule is O=C(OCc1ccccc1)N1CC(Oc2nccnc2Cl)C1.c1cnc(OC2CNC2)cn1. The van der Waals surface area contributed by atoms with Gasteiger partial charge in [0.05, 0.1) is 19.3 Å². The van der Waals surface area contributed by atoms with E-state index < -0.39 is 0 Å². The zero-order valence-electron chi connectivity index (χ0n) is 17.7. The second-order valence-electron chi connectivity index (χ2n) is 7.28. The Hall–Kier alpha value is -3.50. The first-order valence-electron chi connectivity index (χ1n) is 10.4. The van der Waals surface area contributed by atoms with Crippen molar-refractivity contribution in [3.05, 3.63) is 72.0 Å². The van der Waals surface area contributed by atoms with Crippen LogP contribution in [0.5, 0.6) is 11.8 Å². The number of rotatable bonds is 6. The number of nitrogens with one attached hydrogen (secondary N) is 1. The van der Waals surface area contributed by atoms with E-state index in [-0.39, 0.29) is 35.9 Å². The average molecular weight is 471 g/mol. The van der Waals surface area contributed by atoms with E-state index in [4.69, 9.17) is 25.8 Å². The van der Waals surface area contributed by atoms with E-state index in [1.807, 2.05) is 30.3 Å². The maximum Gasteiger partial charge on any atom is 0.410 e. The largest absolute Gasteiger partial charge is 0.471 e. The molecule has 0 atom stereocenters. The molecule has 2 aromatic heterocycles. The Morgan fingerprint density at radius 2 is 1.76 bits per heavy atom. The lowest BCUT2D eigenvalue weighted by Crippen LogP contribution is -2.56. The molecule has 0 spiro atoms. The molecule has 2 aliphatic rings. The second-order valence-corrected chi connectivity index (χ2v) is 7.64.